The first-order chi connectivity index (χ1) is 8.46. The van der Waals surface area contributed by atoms with Crippen LogP contribution in [0.5, 0.6) is 0 Å². The Hall–Kier alpha value is -0.0900. The molecule has 1 unspecified atom stereocenters. The van der Waals surface area contributed by atoms with Gasteiger partial charge < -0.3 is 10.1 Å². The standard InChI is InChI=1S/C14H19BrClNO/c1-14(2)8-12(5-6-18-14)17-9-10-7-11(16)3-4-13(10)15/h3-4,7,12,17H,5-6,8-9H2,1-2H3. The lowest BCUT2D eigenvalue weighted by molar-refractivity contribution is -0.0630. The lowest BCUT2D eigenvalue weighted by atomic mass is 9.94. The van der Waals surface area contributed by atoms with Crippen molar-refractivity contribution >= 4 is 27.5 Å². The van der Waals surface area contributed by atoms with Crippen LogP contribution in [-0.4, -0.2) is 18.2 Å². The fourth-order valence-electron chi connectivity index (χ4n) is 2.34. The third-order valence-electron chi connectivity index (χ3n) is 3.29. The smallest absolute Gasteiger partial charge is 0.0641 e. The van der Waals surface area contributed by atoms with Gasteiger partial charge >= 0.3 is 0 Å². The first-order valence-electron chi connectivity index (χ1n) is 6.27. The van der Waals surface area contributed by atoms with Crippen molar-refractivity contribution in [3.8, 4) is 0 Å². The van der Waals surface area contributed by atoms with Crippen molar-refractivity contribution in [2.45, 2.75) is 44.9 Å². The molecule has 1 aromatic carbocycles. The molecule has 1 fully saturated rings. The highest BCUT2D eigenvalue weighted by atomic mass is 79.9. The molecular formula is C14H19BrClNO. The maximum absolute atomic E-state index is 6.02. The van der Waals surface area contributed by atoms with E-state index in [1.54, 1.807) is 0 Å². The van der Waals surface area contributed by atoms with E-state index in [-0.39, 0.29) is 5.60 Å². The second-order valence-corrected chi connectivity index (χ2v) is 6.71. The van der Waals surface area contributed by atoms with Crippen LogP contribution in [0.3, 0.4) is 0 Å². The number of hydrogen-bond acceptors (Lipinski definition) is 2. The van der Waals surface area contributed by atoms with Gasteiger partial charge in [-0.15, -0.1) is 0 Å². The highest BCUT2D eigenvalue weighted by Crippen LogP contribution is 2.25. The fraction of sp³-hybridized carbons (Fsp3) is 0.571. The van der Waals surface area contributed by atoms with E-state index in [9.17, 15) is 0 Å². The topological polar surface area (TPSA) is 21.3 Å². The van der Waals surface area contributed by atoms with Crippen molar-refractivity contribution in [1.29, 1.82) is 0 Å². The lowest BCUT2D eigenvalue weighted by Gasteiger charge is -2.36. The van der Waals surface area contributed by atoms with Crippen LogP contribution in [0.1, 0.15) is 32.3 Å². The van der Waals surface area contributed by atoms with Crippen molar-refractivity contribution in [2.75, 3.05) is 6.61 Å². The number of ether oxygens (including phenoxy) is 1. The molecule has 0 saturated carbocycles. The van der Waals surface area contributed by atoms with Gasteiger partial charge in [0, 0.05) is 28.7 Å². The van der Waals surface area contributed by atoms with Gasteiger partial charge in [-0.05, 0) is 50.5 Å². The van der Waals surface area contributed by atoms with Gasteiger partial charge in [-0.2, -0.15) is 0 Å². The van der Waals surface area contributed by atoms with Gasteiger partial charge in [-0.1, -0.05) is 27.5 Å². The molecule has 0 radical (unpaired) electrons. The molecule has 2 nitrogen and oxygen atoms in total. The molecule has 1 aliphatic heterocycles. The molecule has 1 N–H and O–H groups in total. The van der Waals surface area contributed by atoms with Gasteiger partial charge in [0.2, 0.25) is 0 Å². The molecule has 1 saturated heterocycles. The van der Waals surface area contributed by atoms with Crippen molar-refractivity contribution in [2.24, 2.45) is 0 Å². The van der Waals surface area contributed by atoms with Crippen LogP contribution < -0.4 is 5.32 Å². The third kappa shape index (κ3) is 3.95. The van der Waals surface area contributed by atoms with Crippen LogP contribution in [-0.2, 0) is 11.3 Å². The summed E-state index contributed by atoms with van der Waals surface area (Å²) >= 11 is 9.57. The number of hydrogen-bond donors (Lipinski definition) is 1. The Morgan fingerprint density at radius 2 is 2.28 bits per heavy atom. The van der Waals surface area contributed by atoms with Gasteiger partial charge in [-0.3, -0.25) is 0 Å². The Morgan fingerprint density at radius 1 is 1.50 bits per heavy atom. The highest BCUT2D eigenvalue weighted by molar-refractivity contribution is 9.10. The molecule has 0 aromatic heterocycles. The van der Waals surface area contributed by atoms with Crippen molar-refractivity contribution < 1.29 is 4.74 Å². The van der Waals surface area contributed by atoms with Crippen LogP contribution in [0.25, 0.3) is 0 Å². The quantitative estimate of drug-likeness (QED) is 0.898. The summed E-state index contributed by atoms with van der Waals surface area (Å²) in [5, 5.41) is 4.37. The zero-order chi connectivity index (χ0) is 13.2. The normalized spacial score (nSPS) is 23.0. The molecule has 0 bridgehead atoms. The Bertz CT molecular complexity index is 422. The van der Waals surface area contributed by atoms with Crippen LogP contribution in [0.15, 0.2) is 22.7 Å². The second kappa shape index (κ2) is 5.91. The molecule has 1 aliphatic rings. The van der Waals surface area contributed by atoms with Crippen LogP contribution in [0, 0.1) is 0 Å². The molecule has 1 atom stereocenters. The average molecular weight is 333 g/mol. The summed E-state index contributed by atoms with van der Waals surface area (Å²) in [4.78, 5) is 0. The number of rotatable bonds is 3. The van der Waals surface area contributed by atoms with E-state index in [1.165, 1.54) is 5.56 Å². The largest absolute Gasteiger partial charge is 0.375 e. The van der Waals surface area contributed by atoms with E-state index in [0.29, 0.717) is 6.04 Å². The zero-order valence-corrected chi connectivity index (χ0v) is 13.1. The van der Waals surface area contributed by atoms with Crippen LogP contribution in [0.2, 0.25) is 5.02 Å². The van der Waals surface area contributed by atoms with E-state index in [1.807, 2.05) is 18.2 Å². The summed E-state index contributed by atoms with van der Waals surface area (Å²) in [7, 11) is 0. The van der Waals surface area contributed by atoms with E-state index >= 15 is 0 Å². The van der Waals surface area contributed by atoms with E-state index in [0.717, 1.165) is 35.5 Å². The Kier molecular flexibility index (Phi) is 4.70. The molecule has 100 valence electrons. The summed E-state index contributed by atoms with van der Waals surface area (Å²) in [6.45, 7) is 5.97. The number of halogens is 2. The average Bonchev–Trinajstić information content (AvgIpc) is 2.29. The summed E-state index contributed by atoms with van der Waals surface area (Å²) in [5.41, 5.74) is 1.19. The minimum atomic E-state index is -0.0124. The molecule has 1 heterocycles. The fourth-order valence-corrected chi connectivity index (χ4v) is 2.92. The van der Waals surface area contributed by atoms with Crippen molar-refractivity contribution in [3.63, 3.8) is 0 Å². The van der Waals surface area contributed by atoms with Crippen LogP contribution in [0.4, 0.5) is 0 Å². The third-order valence-corrected chi connectivity index (χ3v) is 4.29. The first-order valence-corrected chi connectivity index (χ1v) is 7.45. The van der Waals surface area contributed by atoms with Gasteiger partial charge in [0.25, 0.3) is 0 Å². The summed E-state index contributed by atoms with van der Waals surface area (Å²) in [6, 6.07) is 6.41. The van der Waals surface area contributed by atoms with Gasteiger partial charge in [-0.25, -0.2) is 0 Å². The Labute approximate surface area is 122 Å². The van der Waals surface area contributed by atoms with Gasteiger partial charge in [0.15, 0.2) is 0 Å². The molecule has 0 spiro atoms. The lowest BCUT2D eigenvalue weighted by Crippen LogP contribution is -2.43. The Morgan fingerprint density at radius 3 is 3.00 bits per heavy atom. The van der Waals surface area contributed by atoms with E-state index in [2.05, 4.69) is 35.1 Å². The summed E-state index contributed by atoms with van der Waals surface area (Å²) in [5.74, 6) is 0. The molecule has 0 aliphatic carbocycles. The summed E-state index contributed by atoms with van der Waals surface area (Å²) < 4.78 is 6.82. The first kappa shape index (κ1) is 14.3. The Balaban J connectivity index is 1.93. The van der Waals surface area contributed by atoms with E-state index < -0.39 is 0 Å². The predicted octanol–water partition coefficient (Wildman–Crippen LogP) is 4.15. The van der Waals surface area contributed by atoms with Gasteiger partial charge in [0.05, 0.1) is 5.60 Å². The van der Waals surface area contributed by atoms with Gasteiger partial charge in [0.1, 0.15) is 0 Å². The summed E-state index contributed by atoms with van der Waals surface area (Å²) in [6.07, 6.45) is 2.12. The molecule has 2 rings (SSSR count). The molecular weight excluding hydrogens is 314 g/mol. The SMILES string of the molecule is CC1(C)CC(NCc2cc(Cl)ccc2Br)CCO1. The molecule has 0 amide bonds. The molecule has 4 heteroatoms. The number of benzene rings is 1. The second-order valence-electron chi connectivity index (χ2n) is 5.41. The van der Waals surface area contributed by atoms with E-state index in [4.69, 9.17) is 16.3 Å². The van der Waals surface area contributed by atoms with Crippen molar-refractivity contribution in [3.05, 3.63) is 33.3 Å². The predicted molar refractivity (Wildman–Crippen MR) is 79.0 cm³/mol. The molecule has 1 aromatic rings. The van der Waals surface area contributed by atoms with Crippen molar-refractivity contribution in [1.82, 2.24) is 5.32 Å². The highest BCUT2D eigenvalue weighted by Gasteiger charge is 2.28. The maximum Gasteiger partial charge on any atom is 0.0641 e. The minimum absolute atomic E-state index is 0.0124. The minimum Gasteiger partial charge on any atom is -0.375 e. The number of nitrogens with one attached hydrogen (secondary N) is 1. The zero-order valence-electron chi connectivity index (χ0n) is 10.8. The maximum atomic E-state index is 6.02. The monoisotopic (exact) mass is 331 g/mol. The molecule has 18 heavy (non-hydrogen) atoms. The van der Waals surface area contributed by atoms with Crippen LogP contribution >= 0.6 is 27.5 Å².